The second-order valence-electron chi connectivity index (χ2n) is 5.69. The molecule has 2 aromatic carbocycles. The summed E-state index contributed by atoms with van der Waals surface area (Å²) in [6, 6.07) is 14.0. The minimum Gasteiger partial charge on any atom is -0.325 e. The first-order chi connectivity index (χ1) is 12.2. The Hall–Kier alpha value is -2.67. The minimum atomic E-state index is -0.382. The van der Waals surface area contributed by atoms with Crippen LogP contribution in [0.25, 0.3) is 0 Å². The first-order valence-corrected chi connectivity index (χ1v) is 8.87. The van der Waals surface area contributed by atoms with Gasteiger partial charge < -0.3 is 5.32 Å². The van der Waals surface area contributed by atoms with E-state index in [0.717, 1.165) is 17.7 Å². The maximum atomic E-state index is 13.2. The average molecular weight is 354 g/mol. The molecule has 0 aliphatic carbocycles. The van der Waals surface area contributed by atoms with Gasteiger partial charge >= 0.3 is 0 Å². The first-order valence-electron chi connectivity index (χ1n) is 7.88. The van der Waals surface area contributed by atoms with E-state index in [2.05, 4.69) is 21.5 Å². The molecule has 1 N–H and O–H groups in total. The normalized spacial score (nSPS) is 17.7. The van der Waals surface area contributed by atoms with E-state index in [1.807, 2.05) is 29.4 Å². The highest BCUT2D eigenvalue weighted by Gasteiger charge is 2.32. The van der Waals surface area contributed by atoms with Crippen molar-refractivity contribution in [2.45, 2.75) is 12.5 Å². The molecule has 1 atom stereocenters. The lowest BCUT2D eigenvalue weighted by Crippen LogP contribution is -2.29. The molecule has 4 rings (SSSR count). The summed E-state index contributed by atoms with van der Waals surface area (Å²) in [4.78, 5) is 16.8. The standard InChI is InChI=1S/C18H15FN4OS/c19-12-4-3-5-13(10-12)21-17(24)11-25-18-22-15-7-2-1-6-14(15)16-8-9-20-23(16)18/h1-7,9-10,16H,8,11H2,(H,21,24). The van der Waals surface area contributed by atoms with Crippen molar-refractivity contribution in [1.82, 2.24) is 5.01 Å². The van der Waals surface area contributed by atoms with Gasteiger partial charge in [-0.3, -0.25) is 4.79 Å². The number of nitrogens with zero attached hydrogens (tertiary/aromatic N) is 3. The van der Waals surface area contributed by atoms with Gasteiger partial charge in [0.1, 0.15) is 5.82 Å². The molecule has 25 heavy (non-hydrogen) atoms. The second-order valence-corrected chi connectivity index (χ2v) is 6.64. The summed E-state index contributed by atoms with van der Waals surface area (Å²) < 4.78 is 13.2. The van der Waals surface area contributed by atoms with Crippen molar-refractivity contribution in [2.75, 3.05) is 11.1 Å². The van der Waals surface area contributed by atoms with Gasteiger partial charge in [-0.1, -0.05) is 36.0 Å². The number of para-hydroxylation sites is 1. The summed E-state index contributed by atoms with van der Waals surface area (Å²) in [5.74, 6) is -0.416. The van der Waals surface area contributed by atoms with Gasteiger partial charge in [0.25, 0.3) is 0 Å². The third-order valence-corrected chi connectivity index (χ3v) is 4.92. The third-order valence-electron chi connectivity index (χ3n) is 3.98. The van der Waals surface area contributed by atoms with Crippen LogP contribution in [0.3, 0.4) is 0 Å². The molecular formula is C18H15FN4OS. The number of thioether (sulfide) groups is 1. The van der Waals surface area contributed by atoms with Crippen LogP contribution in [0.4, 0.5) is 15.8 Å². The van der Waals surface area contributed by atoms with Crippen LogP contribution in [0.1, 0.15) is 18.0 Å². The van der Waals surface area contributed by atoms with Gasteiger partial charge in [-0.25, -0.2) is 14.4 Å². The Bertz CT molecular complexity index is 883. The molecule has 1 amide bonds. The lowest BCUT2D eigenvalue weighted by atomic mass is 10.0. The summed E-state index contributed by atoms with van der Waals surface area (Å²) in [6.45, 7) is 0. The number of amides is 1. The molecule has 0 radical (unpaired) electrons. The Morgan fingerprint density at radius 2 is 2.16 bits per heavy atom. The third kappa shape index (κ3) is 3.28. The molecule has 0 bridgehead atoms. The SMILES string of the molecule is O=C(CSC1=Nc2ccccc2C2CC=NN12)Nc1cccc(F)c1. The van der Waals surface area contributed by atoms with Gasteiger partial charge in [0.05, 0.1) is 17.5 Å². The summed E-state index contributed by atoms with van der Waals surface area (Å²) in [5, 5.41) is 9.64. The molecule has 2 aromatic rings. The van der Waals surface area contributed by atoms with Crippen LogP contribution in [0, 0.1) is 5.82 Å². The zero-order valence-electron chi connectivity index (χ0n) is 13.2. The predicted octanol–water partition coefficient (Wildman–Crippen LogP) is 3.93. The van der Waals surface area contributed by atoms with Crippen molar-refractivity contribution in [3.05, 3.63) is 59.9 Å². The van der Waals surface area contributed by atoms with E-state index >= 15 is 0 Å². The van der Waals surface area contributed by atoms with E-state index in [-0.39, 0.29) is 23.5 Å². The Balaban J connectivity index is 1.46. The Morgan fingerprint density at radius 1 is 1.28 bits per heavy atom. The first kappa shape index (κ1) is 15.8. The van der Waals surface area contributed by atoms with Crippen molar-refractivity contribution >= 4 is 40.4 Å². The largest absolute Gasteiger partial charge is 0.325 e. The maximum absolute atomic E-state index is 13.2. The predicted molar refractivity (Wildman–Crippen MR) is 98.7 cm³/mol. The van der Waals surface area contributed by atoms with E-state index in [9.17, 15) is 9.18 Å². The highest BCUT2D eigenvalue weighted by atomic mass is 32.2. The minimum absolute atomic E-state index is 0.141. The number of anilines is 1. The number of hydrazone groups is 1. The van der Waals surface area contributed by atoms with Crippen LogP contribution in [0.2, 0.25) is 0 Å². The number of fused-ring (bicyclic) bond motifs is 3. The number of aliphatic imine (C=N–C) groups is 1. The molecule has 2 heterocycles. The zero-order valence-corrected chi connectivity index (χ0v) is 14.0. The zero-order chi connectivity index (χ0) is 17.2. The number of hydrogen-bond acceptors (Lipinski definition) is 5. The highest BCUT2D eigenvalue weighted by molar-refractivity contribution is 8.14. The van der Waals surface area contributed by atoms with E-state index in [1.165, 1.54) is 23.9 Å². The van der Waals surface area contributed by atoms with Crippen LogP contribution in [-0.2, 0) is 4.79 Å². The van der Waals surface area contributed by atoms with Crippen molar-refractivity contribution in [1.29, 1.82) is 0 Å². The fraction of sp³-hybridized carbons (Fsp3) is 0.167. The number of amidine groups is 1. The van der Waals surface area contributed by atoms with E-state index in [4.69, 9.17) is 0 Å². The van der Waals surface area contributed by atoms with E-state index in [1.54, 1.807) is 12.1 Å². The van der Waals surface area contributed by atoms with Crippen LogP contribution in [-0.4, -0.2) is 28.1 Å². The molecule has 1 unspecified atom stereocenters. The quantitative estimate of drug-likeness (QED) is 0.908. The Kier molecular flexibility index (Phi) is 4.23. The smallest absolute Gasteiger partial charge is 0.234 e. The summed E-state index contributed by atoms with van der Waals surface area (Å²) in [7, 11) is 0. The van der Waals surface area contributed by atoms with Crippen LogP contribution < -0.4 is 5.32 Å². The summed E-state index contributed by atoms with van der Waals surface area (Å²) >= 11 is 1.33. The molecule has 5 nitrogen and oxygen atoms in total. The molecule has 0 spiro atoms. The molecule has 126 valence electrons. The van der Waals surface area contributed by atoms with Crippen LogP contribution in [0.5, 0.6) is 0 Å². The van der Waals surface area contributed by atoms with Crippen molar-refractivity contribution in [3.63, 3.8) is 0 Å². The van der Waals surface area contributed by atoms with Crippen LogP contribution in [0.15, 0.2) is 58.6 Å². The lowest BCUT2D eigenvalue weighted by molar-refractivity contribution is -0.113. The van der Waals surface area contributed by atoms with E-state index < -0.39 is 0 Å². The van der Waals surface area contributed by atoms with Gasteiger partial charge in [0.15, 0.2) is 5.17 Å². The molecule has 0 saturated carbocycles. The van der Waals surface area contributed by atoms with Gasteiger partial charge in [-0.2, -0.15) is 5.10 Å². The highest BCUT2D eigenvalue weighted by Crippen LogP contribution is 2.40. The topological polar surface area (TPSA) is 57.1 Å². The summed E-state index contributed by atoms with van der Waals surface area (Å²) in [5.41, 5.74) is 2.51. The second kappa shape index (κ2) is 6.68. The molecule has 2 aliphatic heterocycles. The fourth-order valence-electron chi connectivity index (χ4n) is 2.87. The number of rotatable bonds is 3. The van der Waals surface area contributed by atoms with Crippen LogP contribution >= 0.6 is 11.8 Å². The van der Waals surface area contributed by atoms with Gasteiger partial charge in [-0.05, 0) is 24.3 Å². The molecule has 0 saturated heterocycles. The molecular weight excluding hydrogens is 339 g/mol. The maximum Gasteiger partial charge on any atom is 0.234 e. The van der Waals surface area contributed by atoms with Crippen molar-refractivity contribution in [3.8, 4) is 0 Å². The fourth-order valence-corrected chi connectivity index (χ4v) is 3.68. The molecule has 0 fully saturated rings. The molecule has 2 aliphatic rings. The number of benzene rings is 2. The number of halogens is 1. The summed E-state index contributed by atoms with van der Waals surface area (Å²) in [6.07, 6.45) is 2.70. The average Bonchev–Trinajstić information content (AvgIpc) is 3.10. The van der Waals surface area contributed by atoms with Crippen molar-refractivity contribution < 1.29 is 9.18 Å². The Morgan fingerprint density at radius 3 is 3.04 bits per heavy atom. The number of hydrogen-bond donors (Lipinski definition) is 1. The Labute approximate surface area is 148 Å². The number of carbonyl (C=O) groups excluding carboxylic acids is 1. The number of nitrogens with one attached hydrogen (secondary N) is 1. The van der Waals surface area contributed by atoms with Gasteiger partial charge in [0, 0.05) is 23.9 Å². The lowest BCUT2D eigenvalue weighted by Gasteiger charge is -2.29. The number of carbonyl (C=O) groups is 1. The van der Waals surface area contributed by atoms with E-state index in [0.29, 0.717) is 10.9 Å². The van der Waals surface area contributed by atoms with Crippen molar-refractivity contribution in [2.24, 2.45) is 10.1 Å². The monoisotopic (exact) mass is 354 g/mol. The molecule has 7 heteroatoms. The van der Waals surface area contributed by atoms with Gasteiger partial charge in [-0.15, -0.1) is 0 Å². The molecule has 0 aromatic heterocycles. The van der Waals surface area contributed by atoms with Gasteiger partial charge in [0.2, 0.25) is 5.91 Å².